The second-order valence-corrected chi connectivity index (χ2v) is 6.33. The van der Waals surface area contributed by atoms with Gasteiger partial charge in [-0.05, 0) is 19.1 Å². The minimum absolute atomic E-state index is 0.150. The third kappa shape index (κ3) is 3.53. The van der Waals surface area contributed by atoms with Gasteiger partial charge in [-0.25, -0.2) is 9.97 Å². The number of anilines is 1. The van der Waals surface area contributed by atoms with Crippen LogP contribution in [0.2, 0.25) is 0 Å². The number of nitrogens with zero attached hydrogens (tertiary/aromatic N) is 6. The van der Waals surface area contributed by atoms with Crippen LogP contribution in [0, 0.1) is 6.92 Å². The van der Waals surface area contributed by atoms with Crippen molar-refractivity contribution in [3.8, 4) is 5.82 Å². The van der Waals surface area contributed by atoms with Gasteiger partial charge >= 0.3 is 0 Å². The quantitative estimate of drug-likeness (QED) is 0.756. The third-order valence-electron chi connectivity index (χ3n) is 3.27. The van der Waals surface area contributed by atoms with Crippen LogP contribution in [0.5, 0.6) is 0 Å². The van der Waals surface area contributed by atoms with Gasteiger partial charge in [-0.15, -0.1) is 10.2 Å². The molecule has 0 bridgehead atoms. The van der Waals surface area contributed by atoms with Crippen molar-refractivity contribution in [2.75, 3.05) is 19.4 Å². The standard InChI is InChI=1S/C15H15N7O2S/c1-9-12(14(24)21(2)3)25-15(17-9)18-13(23)10-4-5-11(20-19-10)22-7-6-16-8-22/h4-8H,1-3H3,(H,17,18,23). The highest BCUT2D eigenvalue weighted by Crippen LogP contribution is 2.23. The number of carbonyl (C=O) groups excluding carboxylic acids is 2. The molecule has 1 N–H and O–H groups in total. The molecule has 0 saturated carbocycles. The van der Waals surface area contributed by atoms with Gasteiger partial charge in [0.1, 0.15) is 11.2 Å². The topological polar surface area (TPSA) is 106 Å². The van der Waals surface area contributed by atoms with E-state index in [2.05, 4.69) is 25.5 Å². The molecule has 25 heavy (non-hydrogen) atoms. The van der Waals surface area contributed by atoms with E-state index in [0.29, 0.717) is 21.5 Å². The Morgan fingerprint density at radius 3 is 2.64 bits per heavy atom. The second kappa shape index (κ2) is 6.77. The summed E-state index contributed by atoms with van der Waals surface area (Å²) in [5.74, 6) is -0.0414. The first-order chi connectivity index (χ1) is 12.0. The van der Waals surface area contributed by atoms with Crippen LogP contribution in [0.25, 0.3) is 5.82 Å². The smallest absolute Gasteiger partial charge is 0.277 e. The van der Waals surface area contributed by atoms with Gasteiger partial charge in [-0.1, -0.05) is 11.3 Å². The van der Waals surface area contributed by atoms with Crippen LogP contribution < -0.4 is 5.32 Å². The van der Waals surface area contributed by atoms with Crippen molar-refractivity contribution in [2.24, 2.45) is 0 Å². The highest BCUT2D eigenvalue weighted by molar-refractivity contribution is 7.17. The maximum Gasteiger partial charge on any atom is 0.277 e. The number of aryl methyl sites for hydroxylation is 1. The molecule has 0 aliphatic carbocycles. The number of rotatable bonds is 4. The van der Waals surface area contributed by atoms with Crippen molar-refractivity contribution in [2.45, 2.75) is 6.92 Å². The third-order valence-corrected chi connectivity index (χ3v) is 4.33. The molecule has 0 spiro atoms. The molecular formula is C15H15N7O2S. The summed E-state index contributed by atoms with van der Waals surface area (Å²) in [6, 6.07) is 3.22. The molecule has 0 saturated heterocycles. The molecule has 9 nitrogen and oxygen atoms in total. The van der Waals surface area contributed by atoms with Crippen LogP contribution in [0.15, 0.2) is 30.9 Å². The molecule has 2 amide bonds. The van der Waals surface area contributed by atoms with E-state index in [0.717, 1.165) is 11.3 Å². The van der Waals surface area contributed by atoms with E-state index in [4.69, 9.17) is 0 Å². The SMILES string of the molecule is Cc1nc(NC(=O)c2ccc(-n3ccnc3)nn2)sc1C(=O)N(C)C. The summed E-state index contributed by atoms with van der Waals surface area (Å²) >= 11 is 1.13. The fourth-order valence-electron chi connectivity index (χ4n) is 1.99. The van der Waals surface area contributed by atoms with E-state index in [1.807, 2.05) is 0 Å². The lowest BCUT2D eigenvalue weighted by molar-refractivity contribution is 0.0831. The zero-order valence-corrected chi connectivity index (χ0v) is 14.6. The molecule has 0 unspecified atom stereocenters. The maximum absolute atomic E-state index is 12.3. The summed E-state index contributed by atoms with van der Waals surface area (Å²) in [5, 5.41) is 10.9. The summed E-state index contributed by atoms with van der Waals surface area (Å²) in [7, 11) is 3.33. The Kier molecular flexibility index (Phi) is 4.52. The van der Waals surface area contributed by atoms with Gasteiger partial charge in [0.25, 0.3) is 11.8 Å². The largest absolute Gasteiger partial charge is 0.344 e. The van der Waals surface area contributed by atoms with E-state index in [1.54, 1.807) is 56.4 Å². The lowest BCUT2D eigenvalue weighted by Gasteiger charge is -2.07. The Balaban J connectivity index is 1.74. The van der Waals surface area contributed by atoms with E-state index >= 15 is 0 Å². The number of imidazole rings is 1. The van der Waals surface area contributed by atoms with Crippen LogP contribution in [-0.2, 0) is 0 Å². The predicted octanol–water partition coefficient (Wildman–Crippen LogP) is 1.38. The zero-order chi connectivity index (χ0) is 18.0. The average molecular weight is 357 g/mol. The Bertz CT molecular complexity index is 901. The van der Waals surface area contributed by atoms with Crippen molar-refractivity contribution in [3.05, 3.63) is 47.1 Å². The number of hydrogen-bond donors (Lipinski definition) is 1. The normalized spacial score (nSPS) is 10.5. The van der Waals surface area contributed by atoms with Gasteiger partial charge in [0.15, 0.2) is 16.6 Å². The summed E-state index contributed by atoms with van der Waals surface area (Å²) in [5.41, 5.74) is 0.720. The highest BCUT2D eigenvalue weighted by atomic mass is 32.1. The molecule has 3 aromatic rings. The van der Waals surface area contributed by atoms with Crippen LogP contribution in [0.4, 0.5) is 5.13 Å². The molecule has 0 atom stereocenters. The number of hydrogen-bond acceptors (Lipinski definition) is 7. The summed E-state index contributed by atoms with van der Waals surface area (Å²) < 4.78 is 1.68. The van der Waals surface area contributed by atoms with Crippen LogP contribution in [0.1, 0.15) is 25.9 Å². The van der Waals surface area contributed by atoms with E-state index in [1.165, 1.54) is 4.90 Å². The first-order valence-corrected chi connectivity index (χ1v) is 8.10. The van der Waals surface area contributed by atoms with Gasteiger partial charge in [0.05, 0.1) is 5.69 Å². The van der Waals surface area contributed by atoms with Gasteiger partial charge in [-0.2, -0.15) is 0 Å². The molecule has 0 fully saturated rings. The Labute approximate surface area is 147 Å². The van der Waals surface area contributed by atoms with Gasteiger partial charge in [0.2, 0.25) is 0 Å². The first-order valence-electron chi connectivity index (χ1n) is 7.28. The Morgan fingerprint density at radius 1 is 1.24 bits per heavy atom. The number of aromatic nitrogens is 5. The molecule has 128 valence electrons. The maximum atomic E-state index is 12.3. The van der Waals surface area contributed by atoms with E-state index in [9.17, 15) is 9.59 Å². The Hall–Kier alpha value is -3.14. The monoisotopic (exact) mass is 357 g/mol. The van der Waals surface area contributed by atoms with Gasteiger partial charge in [0, 0.05) is 26.5 Å². The summed E-state index contributed by atoms with van der Waals surface area (Å²) in [6.07, 6.45) is 4.94. The van der Waals surface area contributed by atoms with E-state index in [-0.39, 0.29) is 11.6 Å². The fourth-order valence-corrected chi connectivity index (χ4v) is 2.97. The molecule has 3 rings (SSSR count). The van der Waals surface area contributed by atoms with Crippen molar-refractivity contribution in [1.29, 1.82) is 0 Å². The molecule has 3 aromatic heterocycles. The fraction of sp³-hybridized carbons (Fsp3) is 0.200. The van der Waals surface area contributed by atoms with Crippen LogP contribution >= 0.6 is 11.3 Å². The van der Waals surface area contributed by atoms with Gasteiger partial charge in [-0.3, -0.25) is 19.5 Å². The minimum Gasteiger partial charge on any atom is -0.344 e. The molecule has 0 aliphatic heterocycles. The number of amides is 2. The van der Waals surface area contributed by atoms with Gasteiger partial charge < -0.3 is 4.90 Å². The zero-order valence-electron chi connectivity index (χ0n) is 13.8. The molecule has 3 heterocycles. The van der Waals surface area contributed by atoms with Crippen LogP contribution in [-0.4, -0.2) is 55.5 Å². The molecular weight excluding hydrogens is 342 g/mol. The number of nitrogens with one attached hydrogen (secondary N) is 1. The average Bonchev–Trinajstić information content (AvgIpc) is 3.24. The number of carbonyl (C=O) groups is 2. The minimum atomic E-state index is -0.442. The lowest BCUT2D eigenvalue weighted by Crippen LogP contribution is -2.21. The highest BCUT2D eigenvalue weighted by Gasteiger charge is 2.19. The lowest BCUT2D eigenvalue weighted by atomic mass is 10.3. The van der Waals surface area contributed by atoms with Crippen LogP contribution in [0.3, 0.4) is 0 Å². The number of thiazole rings is 1. The second-order valence-electron chi connectivity index (χ2n) is 5.33. The molecule has 0 radical (unpaired) electrons. The van der Waals surface area contributed by atoms with Crippen molar-refractivity contribution >= 4 is 28.3 Å². The van der Waals surface area contributed by atoms with E-state index < -0.39 is 5.91 Å². The molecule has 0 aliphatic rings. The van der Waals surface area contributed by atoms with Crippen molar-refractivity contribution in [3.63, 3.8) is 0 Å². The molecule has 10 heteroatoms. The first kappa shape index (κ1) is 16.7. The molecule has 0 aromatic carbocycles. The van der Waals surface area contributed by atoms with Crippen molar-refractivity contribution < 1.29 is 9.59 Å². The summed E-state index contributed by atoms with van der Waals surface area (Å²) in [6.45, 7) is 1.72. The predicted molar refractivity (Wildman–Crippen MR) is 92.0 cm³/mol. The Morgan fingerprint density at radius 2 is 2.04 bits per heavy atom. The summed E-state index contributed by atoms with van der Waals surface area (Å²) in [4.78, 5) is 34.4. The van der Waals surface area contributed by atoms with Crippen molar-refractivity contribution in [1.82, 2.24) is 29.6 Å².